The van der Waals surface area contributed by atoms with Crippen molar-refractivity contribution in [3.05, 3.63) is 72.6 Å². The molecule has 2 aromatic carbocycles. The van der Waals surface area contributed by atoms with Gasteiger partial charge in [-0.3, -0.25) is 9.59 Å². The molecule has 2 aliphatic heterocycles. The number of amides is 4. The molecular weight excluding hydrogens is 701 g/mol. The second kappa shape index (κ2) is 17.2. The molecule has 0 radical (unpaired) electrons. The highest BCUT2D eigenvalue weighted by atomic mass is 16.5. The third-order valence-corrected chi connectivity index (χ3v) is 10.4. The van der Waals surface area contributed by atoms with Gasteiger partial charge in [0.1, 0.15) is 23.7 Å². The van der Waals surface area contributed by atoms with Crippen molar-refractivity contribution >= 4 is 24.0 Å². The fraction of sp³-hybridized carbons (Fsp3) is 0.463. The van der Waals surface area contributed by atoms with Gasteiger partial charge in [0.15, 0.2) is 0 Å². The maximum atomic E-state index is 13.6. The molecule has 2 saturated heterocycles. The number of imidazole rings is 2. The Bertz CT molecular complexity index is 1950. The molecule has 2 fully saturated rings. The summed E-state index contributed by atoms with van der Waals surface area (Å²) in [5.74, 6) is 1.44. The Morgan fingerprint density at radius 2 is 1.11 bits per heavy atom. The lowest BCUT2D eigenvalue weighted by Crippen LogP contribution is -2.49. The second-order valence-electron chi connectivity index (χ2n) is 15.3. The molecule has 2 aliphatic rings. The Labute approximate surface area is 321 Å². The van der Waals surface area contributed by atoms with Gasteiger partial charge in [-0.25, -0.2) is 19.6 Å². The van der Waals surface area contributed by atoms with E-state index >= 15 is 0 Å². The van der Waals surface area contributed by atoms with Crippen LogP contribution in [0.1, 0.15) is 90.0 Å². The fourth-order valence-electron chi connectivity index (χ4n) is 7.74. The first-order valence-electron chi connectivity index (χ1n) is 19.2. The van der Waals surface area contributed by atoms with Crippen LogP contribution in [0.2, 0.25) is 0 Å². The molecular formula is C41H52N8O6. The molecule has 4 atom stereocenters. The normalized spacial score (nSPS) is 18.1. The van der Waals surface area contributed by atoms with Crippen molar-refractivity contribution in [2.45, 2.75) is 90.4 Å². The number of nitrogens with zero attached hydrogens (tertiary/aromatic N) is 4. The zero-order chi connectivity index (χ0) is 39.2. The minimum atomic E-state index is -1.20. The number of ether oxygens (including phenoxy) is 1. The monoisotopic (exact) mass is 752 g/mol. The van der Waals surface area contributed by atoms with E-state index in [-0.39, 0.29) is 35.7 Å². The van der Waals surface area contributed by atoms with Crippen molar-refractivity contribution in [1.29, 1.82) is 0 Å². The summed E-state index contributed by atoms with van der Waals surface area (Å²) >= 11 is 0. The van der Waals surface area contributed by atoms with Crippen molar-refractivity contribution in [2.75, 3.05) is 20.2 Å². The molecule has 14 heteroatoms. The Hall–Kier alpha value is -5.66. The molecule has 0 bridgehead atoms. The van der Waals surface area contributed by atoms with Crippen molar-refractivity contribution in [3.8, 4) is 33.6 Å². The smallest absolute Gasteiger partial charge is 0.407 e. The van der Waals surface area contributed by atoms with Gasteiger partial charge >= 0.3 is 12.2 Å². The van der Waals surface area contributed by atoms with E-state index in [4.69, 9.17) is 14.7 Å². The number of benzene rings is 2. The maximum Gasteiger partial charge on any atom is 0.407 e. The molecule has 4 amide bonds. The van der Waals surface area contributed by atoms with E-state index in [9.17, 15) is 24.3 Å². The lowest BCUT2D eigenvalue weighted by Gasteiger charge is -2.29. The Kier molecular flexibility index (Phi) is 12.2. The van der Waals surface area contributed by atoms with Crippen LogP contribution in [0, 0.1) is 11.8 Å². The summed E-state index contributed by atoms with van der Waals surface area (Å²) in [5, 5.41) is 14.5. The number of hydrogen-bond donors (Lipinski definition) is 5. The van der Waals surface area contributed by atoms with Crippen molar-refractivity contribution < 1.29 is 29.0 Å². The van der Waals surface area contributed by atoms with Crippen LogP contribution in [-0.2, 0) is 14.3 Å². The van der Waals surface area contributed by atoms with E-state index < -0.39 is 24.3 Å². The van der Waals surface area contributed by atoms with Crippen LogP contribution in [0.15, 0.2) is 60.9 Å². The number of likely N-dealkylation sites (tertiary alicyclic amines) is 2. The largest absolute Gasteiger partial charge is 0.465 e. The number of rotatable bonds is 13. The Balaban J connectivity index is 1.10. The summed E-state index contributed by atoms with van der Waals surface area (Å²) < 4.78 is 4.78. The average molecular weight is 753 g/mol. The molecule has 4 aromatic rings. The SMILES string of the molecule is COC(=O)N[C@@H](CC(C)C)C(=O)N1CCC[C@H]1c1nc(-c2ccc(-c3ccc(-c4c[nH]c([C@@H]5CCCN5C(=O)[C@H](CC(C)C)NC(=O)O)n4)cc3)cc2)c[nH]1. The summed E-state index contributed by atoms with van der Waals surface area (Å²) in [4.78, 5) is 70.4. The highest BCUT2D eigenvalue weighted by Crippen LogP contribution is 2.35. The number of H-pyrrole nitrogens is 2. The standard InChI is InChI=1S/C41H52N8O6/c1-24(2)20-30(46-40(52)53)38(50)48-18-6-8-34(48)36-42-22-32(44-36)28-14-10-26(11-15-28)27-12-16-29(17-13-27)33-23-43-37(45-33)35-9-7-19-49(35)39(51)31(21-25(3)4)47-41(54)55-5/h10-17,22-25,30-31,34-35,46H,6-9,18-21H2,1-5H3,(H,42,44)(H,43,45)(H,47,54)(H,52,53)/t30-,31-,34-,35-/m0/s1. The van der Waals surface area contributed by atoms with Crippen molar-refractivity contribution in [1.82, 2.24) is 40.4 Å². The van der Waals surface area contributed by atoms with Crippen LogP contribution < -0.4 is 10.6 Å². The van der Waals surface area contributed by atoms with E-state index in [1.165, 1.54) is 7.11 Å². The molecule has 0 saturated carbocycles. The number of aromatic amines is 2. The summed E-state index contributed by atoms with van der Waals surface area (Å²) in [5.41, 5.74) is 5.52. The van der Waals surface area contributed by atoms with Gasteiger partial charge in [-0.1, -0.05) is 76.2 Å². The summed E-state index contributed by atoms with van der Waals surface area (Å²) in [6.07, 6.45) is 6.04. The number of aromatic nitrogens is 4. The first-order chi connectivity index (χ1) is 26.4. The van der Waals surface area contributed by atoms with Gasteiger partial charge in [-0.15, -0.1) is 0 Å². The number of carboxylic acid groups (broad SMARTS) is 1. The minimum Gasteiger partial charge on any atom is -0.465 e. The van der Waals surface area contributed by atoms with Gasteiger partial charge in [-0.2, -0.15) is 0 Å². The van der Waals surface area contributed by atoms with Crippen LogP contribution in [0.25, 0.3) is 33.6 Å². The topological polar surface area (TPSA) is 186 Å². The number of nitrogens with one attached hydrogen (secondary N) is 4. The fourth-order valence-corrected chi connectivity index (χ4v) is 7.74. The van der Waals surface area contributed by atoms with E-state index in [1.54, 1.807) is 4.90 Å². The van der Waals surface area contributed by atoms with Crippen LogP contribution in [0.5, 0.6) is 0 Å². The molecule has 6 rings (SSSR count). The molecule has 4 heterocycles. The Morgan fingerprint density at radius 1 is 0.709 bits per heavy atom. The van der Waals surface area contributed by atoms with Gasteiger partial charge in [0, 0.05) is 36.6 Å². The molecule has 5 N–H and O–H groups in total. The zero-order valence-electron chi connectivity index (χ0n) is 32.2. The zero-order valence-corrected chi connectivity index (χ0v) is 32.2. The molecule has 0 aliphatic carbocycles. The van der Waals surface area contributed by atoms with Crippen LogP contribution >= 0.6 is 0 Å². The first kappa shape index (κ1) is 39.0. The predicted molar refractivity (Wildman–Crippen MR) is 208 cm³/mol. The number of carbonyl (C=O) groups excluding carboxylic acids is 3. The number of hydrogen-bond acceptors (Lipinski definition) is 7. The van der Waals surface area contributed by atoms with Crippen LogP contribution in [0.3, 0.4) is 0 Å². The third kappa shape index (κ3) is 9.18. The highest BCUT2D eigenvalue weighted by molar-refractivity contribution is 5.87. The molecule has 0 spiro atoms. The van der Waals surface area contributed by atoms with E-state index in [1.807, 2.05) is 69.3 Å². The average Bonchev–Trinajstić information content (AvgIpc) is 4.00. The first-order valence-corrected chi connectivity index (χ1v) is 19.2. The molecule has 55 heavy (non-hydrogen) atoms. The number of alkyl carbamates (subject to hydrolysis) is 1. The lowest BCUT2D eigenvalue weighted by atomic mass is 10.0. The van der Waals surface area contributed by atoms with Crippen LogP contribution in [0.4, 0.5) is 9.59 Å². The second-order valence-corrected chi connectivity index (χ2v) is 15.3. The van der Waals surface area contributed by atoms with Crippen molar-refractivity contribution in [2.24, 2.45) is 11.8 Å². The van der Waals surface area contributed by atoms with E-state index in [2.05, 4.69) is 44.9 Å². The van der Waals surface area contributed by atoms with E-state index in [0.717, 1.165) is 65.1 Å². The third-order valence-electron chi connectivity index (χ3n) is 10.4. The number of methoxy groups -OCH3 is 1. The highest BCUT2D eigenvalue weighted by Gasteiger charge is 2.38. The van der Waals surface area contributed by atoms with Crippen LogP contribution in [-0.4, -0.2) is 91.1 Å². The van der Waals surface area contributed by atoms with Gasteiger partial charge in [0.05, 0.1) is 30.6 Å². The van der Waals surface area contributed by atoms with E-state index in [0.29, 0.717) is 31.8 Å². The van der Waals surface area contributed by atoms with Crippen molar-refractivity contribution in [3.63, 3.8) is 0 Å². The van der Waals surface area contributed by atoms with Gasteiger partial charge in [-0.05, 0) is 61.5 Å². The lowest BCUT2D eigenvalue weighted by molar-refractivity contribution is -0.135. The predicted octanol–water partition coefficient (Wildman–Crippen LogP) is 6.91. The molecule has 2 aromatic heterocycles. The molecule has 292 valence electrons. The van der Waals surface area contributed by atoms with Gasteiger partial charge < -0.3 is 40.2 Å². The molecule has 14 nitrogen and oxygen atoms in total. The number of carbonyl (C=O) groups is 4. The Morgan fingerprint density at radius 3 is 1.49 bits per heavy atom. The summed E-state index contributed by atoms with van der Waals surface area (Å²) in [6.45, 7) is 9.13. The summed E-state index contributed by atoms with van der Waals surface area (Å²) in [6, 6.07) is 14.4. The quantitative estimate of drug-likeness (QED) is 0.0975. The molecule has 0 unspecified atom stereocenters. The van der Waals surface area contributed by atoms with Gasteiger partial charge in [0.2, 0.25) is 11.8 Å². The van der Waals surface area contributed by atoms with Gasteiger partial charge in [0.25, 0.3) is 0 Å². The maximum absolute atomic E-state index is 13.6. The summed E-state index contributed by atoms with van der Waals surface area (Å²) in [7, 11) is 1.29. The minimum absolute atomic E-state index is 0.127.